The molecule has 2 rings (SSSR count). The molecule has 0 saturated carbocycles. The van der Waals surface area contributed by atoms with Gasteiger partial charge in [-0.3, -0.25) is 4.79 Å². The molecular formula is C21H24Cl2N2O4. The molecule has 0 unspecified atom stereocenters. The van der Waals surface area contributed by atoms with Crippen LogP contribution in [0.3, 0.4) is 0 Å². The number of nitrogens with zero attached hydrogens (tertiary/aromatic N) is 1. The topological polar surface area (TPSA) is 89.9 Å². The standard InChI is InChI=1S/C21H24Cl2N2O4/c1-14-2-5-16(13-19(14)25(10-8-22)11-9-23)20(27)24-18(21(28)29)12-15-3-6-17(26)7-4-15/h2-7,13,18,26H,8-12H2,1H3,(H,24,27)(H,28,29)/t18-/m0/s1. The van der Waals surface area contributed by atoms with Crippen molar-refractivity contribution >= 4 is 40.8 Å². The Bertz CT molecular complexity index is 837. The van der Waals surface area contributed by atoms with Crippen LogP contribution in [0.15, 0.2) is 42.5 Å². The van der Waals surface area contributed by atoms with Crippen LogP contribution >= 0.6 is 23.2 Å². The average molecular weight is 439 g/mol. The number of carbonyl (C=O) groups is 2. The first-order valence-electron chi connectivity index (χ1n) is 9.14. The molecule has 0 aliphatic rings. The molecule has 0 heterocycles. The van der Waals surface area contributed by atoms with Gasteiger partial charge in [0.1, 0.15) is 11.8 Å². The Balaban J connectivity index is 2.19. The number of aliphatic carboxylic acids is 1. The molecule has 2 aromatic rings. The molecule has 0 fully saturated rings. The highest BCUT2D eigenvalue weighted by molar-refractivity contribution is 6.18. The molecule has 29 heavy (non-hydrogen) atoms. The highest BCUT2D eigenvalue weighted by atomic mass is 35.5. The van der Waals surface area contributed by atoms with E-state index in [-0.39, 0.29) is 12.2 Å². The summed E-state index contributed by atoms with van der Waals surface area (Å²) < 4.78 is 0. The van der Waals surface area contributed by atoms with E-state index in [0.717, 1.165) is 11.3 Å². The van der Waals surface area contributed by atoms with Gasteiger partial charge in [0.15, 0.2) is 0 Å². The fourth-order valence-electron chi connectivity index (χ4n) is 2.96. The number of rotatable bonds is 10. The van der Waals surface area contributed by atoms with Crippen molar-refractivity contribution in [2.24, 2.45) is 0 Å². The highest BCUT2D eigenvalue weighted by Gasteiger charge is 2.22. The van der Waals surface area contributed by atoms with Gasteiger partial charge in [-0.2, -0.15) is 0 Å². The Hall–Kier alpha value is -2.44. The molecule has 0 aliphatic carbocycles. The van der Waals surface area contributed by atoms with Crippen LogP contribution in [0.4, 0.5) is 5.69 Å². The molecule has 0 bridgehead atoms. The van der Waals surface area contributed by atoms with E-state index in [2.05, 4.69) is 5.32 Å². The van der Waals surface area contributed by atoms with Gasteiger partial charge in [-0.1, -0.05) is 18.2 Å². The summed E-state index contributed by atoms with van der Waals surface area (Å²) in [6.45, 7) is 3.09. The number of carbonyl (C=O) groups excluding carboxylic acids is 1. The van der Waals surface area contributed by atoms with Gasteiger partial charge in [0.05, 0.1) is 0 Å². The van der Waals surface area contributed by atoms with Crippen molar-refractivity contribution < 1.29 is 19.8 Å². The number of amides is 1. The van der Waals surface area contributed by atoms with Crippen molar-refractivity contribution in [1.82, 2.24) is 5.32 Å². The third-order valence-corrected chi connectivity index (χ3v) is 4.84. The molecule has 0 spiro atoms. The number of hydrogen-bond donors (Lipinski definition) is 3. The van der Waals surface area contributed by atoms with E-state index in [4.69, 9.17) is 23.2 Å². The lowest BCUT2D eigenvalue weighted by atomic mass is 10.0. The highest BCUT2D eigenvalue weighted by Crippen LogP contribution is 2.22. The van der Waals surface area contributed by atoms with Crippen LogP contribution in [-0.4, -0.2) is 53.0 Å². The lowest BCUT2D eigenvalue weighted by Crippen LogP contribution is -2.42. The summed E-state index contributed by atoms with van der Waals surface area (Å²) in [7, 11) is 0. The molecule has 3 N–H and O–H groups in total. The van der Waals surface area contributed by atoms with Crippen molar-refractivity contribution in [3.8, 4) is 5.75 Å². The number of benzene rings is 2. The minimum atomic E-state index is -1.13. The minimum Gasteiger partial charge on any atom is -0.508 e. The van der Waals surface area contributed by atoms with Crippen LogP contribution in [-0.2, 0) is 11.2 Å². The Labute approximate surface area is 180 Å². The number of nitrogens with one attached hydrogen (secondary N) is 1. The Morgan fingerprint density at radius 2 is 1.69 bits per heavy atom. The lowest BCUT2D eigenvalue weighted by Gasteiger charge is -2.25. The largest absolute Gasteiger partial charge is 0.508 e. The van der Waals surface area contributed by atoms with Gasteiger partial charge in [0.2, 0.25) is 0 Å². The van der Waals surface area contributed by atoms with Crippen LogP contribution in [0, 0.1) is 6.92 Å². The fraction of sp³-hybridized carbons (Fsp3) is 0.333. The summed E-state index contributed by atoms with van der Waals surface area (Å²) in [5.41, 5.74) is 2.85. The number of hydrogen-bond acceptors (Lipinski definition) is 4. The first kappa shape index (κ1) is 22.8. The maximum atomic E-state index is 12.7. The van der Waals surface area contributed by atoms with Crippen molar-refractivity contribution in [3.05, 3.63) is 59.2 Å². The molecule has 1 amide bonds. The van der Waals surface area contributed by atoms with E-state index in [1.165, 1.54) is 12.1 Å². The zero-order chi connectivity index (χ0) is 21.4. The van der Waals surface area contributed by atoms with Gasteiger partial charge in [0.25, 0.3) is 5.91 Å². The van der Waals surface area contributed by atoms with Crippen molar-refractivity contribution in [2.45, 2.75) is 19.4 Å². The van der Waals surface area contributed by atoms with Gasteiger partial charge in [-0.25, -0.2) is 4.79 Å². The molecule has 0 aromatic heterocycles. The summed E-state index contributed by atoms with van der Waals surface area (Å²) in [6.07, 6.45) is 0.102. The second kappa shape index (κ2) is 10.9. The smallest absolute Gasteiger partial charge is 0.326 e. The summed E-state index contributed by atoms with van der Waals surface area (Å²) in [5, 5.41) is 21.4. The van der Waals surface area contributed by atoms with Gasteiger partial charge in [0, 0.05) is 42.5 Å². The SMILES string of the molecule is Cc1ccc(C(=O)N[C@@H](Cc2ccc(O)cc2)C(=O)O)cc1N(CCCl)CCCl. The van der Waals surface area contributed by atoms with Crippen LogP contribution < -0.4 is 10.2 Å². The second-order valence-electron chi connectivity index (χ2n) is 6.60. The monoisotopic (exact) mass is 438 g/mol. The predicted octanol–water partition coefficient (Wildman–Crippen LogP) is 3.41. The molecule has 8 heteroatoms. The van der Waals surface area contributed by atoms with E-state index < -0.39 is 17.9 Å². The molecule has 6 nitrogen and oxygen atoms in total. The molecule has 0 saturated heterocycles. The summed E-state index contributed by atoms with van der Waals surface area (Å²) in [4.78, 5) is 26.4. The number of halogens is 2. The number of anilines is 1. The van der Waals surface area contributed by atoms with Crippen LogP contribution in [0.1, 0.15) is 21.5 Å². The molecule has 2 aromatic carbocycles. The van der Waals surface area contributed by atoms with E-state index in [9.17, 15) is 19.8 Å². The number of carboxylic acids is 1. The normalized spacial score (nSPS) is 11.7. The summed E-state index contributed by atoms with van der Waals surface area (Å²) in [6, 6.07) is 10.3. The van der Waals surface area contributed by atoms with Gasteiger partial charge < -0.3 is 20.4 Å². The number of phenolic OH excluding ortho intramolecular Hbond substituents is 1. The molecule has 0 aliphatic heterocycles. The van der Waals surface area contributed by atoms with Crippen LogP contribution in [0.2, 0.25) is 0 Å². The minimum absolute atomic E-state index is 0.0929. The first-order chi connectivity index (χ1) is 13.8. The lowest BCUT2D eigenvalue weighted by molar-refractivity contribution is -0.139. The Morgan fingerprint density at radius 3 is 2.24 bits per heavy atom. The van der Waals surface area contributed by atoms with Gasteiger partial charge in [-0.05, 0) is 42.3 Å². The van der Waals surface area contributed by atoms with E-state index in [1.807, 2.05) is 17.9 Å². The third-order valence-electron chi connectivity index (χ3n) is 4.50. The molecular weight excluding hydrogens is 415 g/mol. The molecule has 1 atom stereocenters. The van der Waals surface area contributed by atoms with Gasteiger partial charge >= 0.3 is 5.97 Å². The number of phenols is 1. The zero-order valence-electron chi connectivity index (χ0n) is 16.1. The van der Waals surface area contributed by atoms with E-state index in [1.54, 1.807) is 24.3 Å². The molecule has 0 radical (unpaired) electrons. The number of carboxylic acid groups (broad SMARTS) is 1. The third kappa shape index (κ3) is 6.54. The average Bonchev–Trinajstić information content (AvgIpc) is 2.69. The molecule has 156 valence electrons. The summed E-state index contributed by atoms with van der Waals surface area (Å²) in [5.74, 6) is -0.685. The number of aryl methyl sites for hydroxylation is 1. The van der Waals surface area contributed by atoms with E-state index in [0.29, 0.717) is 36.0 Å². The van der Waals surface area contributed by atoms with Crippen molar-refractivity contribution in [3.63, 3.8) is 0 Å². The van der Waals surface area contributed by atoms with Crippen molar-refractivity contribution in [2.75, 3.05) is 29.7 Å². The number of aromatic hydroxyl groups is 1. The maximum Gasteiger partial charge on any atom is 0.326 e. The van der Waals surface area contributed by atoms with Crippen molar-refractivity contribution in [1.29, 1.82) is 0 Å². The van der Waals surface area contributed by atoms with Crippen LogP contribution in [0.5, 0.6) is 5.75 Å². The fourth-order valence-corrected chi connectivity index (χ4v) is 3.37. The number of alkyl halides is 2. The van der Waals surface area contributed by atoms with E-state index >= 15 is 0 Å². The second-order valence-corrected chi connectivity index (χ2v) is 7.36. The Kier molecular flexibility index (Phi) is 8.61. The predicted molar refractivity (Wildman–Crippen MR) is 116 cm³/mol. The quantitative estimate of drug-likeness (QED) is 0.494. The zero-order valence-corrected chi connectivity index (χ0v) is 17.6. The van der Waals surface area contributed by atoms with Crippen LogP contribution in [0.25, 0.3) is 0 Å². The van der Waals surface area contributed by atoms with Gasteiger partial charge in [-0.15, -0.1) is 23.2 Å². The first-order valence-corrected chi connectivity index (χ1v) is 10.2. The maximum absolute atomic E-state index is 12.7. The Morgan fingerprint density at radius 1 is 1.07 bits per heavy atom. The summed E-state index contributed by atoms with van der Waals surface area (Å²) >= 11 is 11.8.